The number of amides is 2. The first kappa shape index (κ1) is 19.5. The molecule has 1 fully saturated rings. The van der Waals surface area contributed by atoms with Crippen LogP contribution in [0.4, 0.5) is 5.69 Å². The third-order valence-electron chi connectivity index (χ3n) is 5.91. The van der Waals surface area contributed by atoms with Crippen molar-refractivity contribution in [1.82, 2.24) is 9.80 Å². The highest BCUT2D eigenvalue weighted by Gasteiger charge is 2.26. The number of carbonyl (C=O) groups excluding carboxylic acids is 2. The quantitative estimate of drug-likeness (QED) is 0.802. The highest BCUT2D eigenvalue weighted by Crippen LogP contribution is 2.32. The molecule has 2 aromatic rings. The number of likely N-dealkylation sites (tertiary alicyclic amines) is 1. The maximum Gasteiger partial charge on any atom is 0.265 e. The van der Waals surface area contributed by atoms with Gasteiger partial charge in [0.2, 0.25) is 0 Å². The zero-order valence-electron chi connectivity index (χ0n) is 17.0. The van der Waals surface area contributed by atoms with Gasteiger partial charge >= 0.3 is 0 Å². The molecule has 2 aliphatic rings. The first-order valence-electron chi connectivity index (χ1n) is 10.1. The molecule has 2 amide bonds. The van der Waals surface area contributed by atoms with Crippen molar-refractivity contribution < 1.29 is 14.3 Å². The summed E-state index contributed by atoms with van der Waals surface area (Å²) in [5, 5.41) is 0. The topological polar surface area (TPSA) is 53.1 Å². The number of piperidine rings is 1. The van der Waals surface area contributed by atoms with E-state index in [1.54, 1.807) is 4.90 Å². The molecule has 29 heavy (non-hydrogen) atoms. The number of rotatable bonds is 4. The number of hydrogen-bond donors (Lipinski definition) is 0. The Bertz CT molecular complexity index is 888. The summed E-state index contributed by atoms with van der Waals surface area (Å²) in [6, 6.07) is 15.4. The molecule has 2 heterocycles. The fourth-order valence-corrected chi connectivity index (χ4v) is 4.01. The van der Waals surface area contributed by atoms with Crippen molar-refractivity contribution in [2.24, 2.45) is 0 Å². The Morgan fingerprint density at radius 1 is 1.10 bits per heavy atom. The number of nitrogens with zero attached hydrogens (tertiary/aromatic N) is 3. The molecule has 0 aliphatic carbocycles. The standard InChI is InChI=1S/C23H27N3O3/c1-24-13-11-19(12-14-24)25(2)23(28)18-9-7-17(8-10-18)15-26-20-5-3-4-6-21(20)29-16-22(26)27/h3-10,19H,11-16H2,1-2H3. The van der Waals surface area contributed by atoms with Gasteiger partial charge in [-0.25, -0.2) is 0 Å². The van der Waals surface area contributed by atoms with Gasteiger partial charge < -0.3 is 19.4 Å². The second-order valence-electron chi connectivity index (χ2n) is 7.88. The Hall–Kier alpha value is -2.86. The van der Waals surface area contributed by atoms with Crippen molar-refractivity contribution in [2.75, 3.05) is 38.7 Å². The van der Waals surface area contributed by atoms with Gasteiger partial charge in [0.25, 0.3) is 11.8 Å². The number of fused-ring (bicyclic) bond motifs is 1. The molecule has 6 nitrogen and oxygen atoms in total. The second kappa shape index (κ2) is 8.25. The van der Waals surface area contributed by atoms with Crippen molar-refractivity contribution in [3.63, 3.8) is 0 Å². The molecule has 0 aromatic heterocycles. The average Bonchev–Trinajstić information content (AvgIpc) is 2.76. The van der Waals surface area contributed by atoms with Crippen LogP contribution in [0, 0.1) is 0 Å². The molecule has 2 aliphatic heterocycles. The lowest BCUT2D eigenvalue weighted by molar-refractivity contribution is -0.121. The molecule has 0 N–H and O–H groups in total. The van der Waals surface area contributed by atoms with Gasteiger partial charge in [0.1, 0.15) is 5.75 Å². The summed E-state index contributed by atoms with van der Waals surface area (Å²) < 4.78 is 5.50. The number of hydrogen-bond acceptors (Lipinski definition) is 4. The van der Waals surface area contributed by atoms with Gasteiger partial charge in [-0.1, -0.05) is 24.3 Å². The molecular weight excluding hydrogens is 366 g/mol. The number of ether oxygens (including phenoxy) is 1. The highest BCUT2D eigenvalue weighted by atomic mass is 16.5. The summed E-state index contributed by atoms with van der Waals surface area (Å²) in [6.45, 7) is 2.56. The summed E-state index contributed by atoms with van der Waals surface area (Å²) in [5.74, 6) is 0.711. The van der Waals surface area contributed by atoms with Gasteiger partial charge in [0, 0.05) is 18.7 Å². The minimum absolute atomic E-state index is 0.0506. The van der Waals surface area contributed by atoms with Crippen LogP contribution in [-0.4, -0.2) is 61.4 Å². The first-order chi connectivity index (χ1) is 14.0. The van der Waals surface area contributed by atoms with E-state index in [2.05, 4.69) is 11.9 Å². The zero-order chi connectivity index (χ0) is 20.4. The van der Waals surface area contributed by atoms with Crippen molar-refractivity contribution in [3.8, 4) is 5.75 Å². The monoisotopic (exact) mass is 393 g/mol. The van der Waals surface area contributed by atoms with Crippen molar-refractivity contribution in [3.05, 3.63) is 59.7 Å². The van der Waals surface area contributed by atoms with Crippen molar-refractivity contribution in [1.29, 1.82) is 0 Å². The fourth-order valence-electron chi connectivity index (χ4n) is 4.01. The summed E-state index contributed by atoms with van der Waals surface area (Å²) in [6.07, 6.45) is 2.02. The van der Waals surface area contributed by atoms with Gasteiger partial charge in [0.15, 0.2) is 6.61 Å². The van der Waals surface area contributed by atoms with E-state index in [4.69, 9.17) is 4.74 Å². The van der Waals surface area contributed by atoms with Crippen LogP contribution in [0.2, 0.25) is 0 Å². The van der Waals surface area contributed by atoms with Crippen LogP contribution in [0.3, 0.4) is 0 Å². The van der Waals surface area contributed by atoms with E-state index in [1.165, 1.54) is 0 Å². The molecule has 0 radical (unpaired) electrons. The summed E-state index contributed by atoms with van der Waals surface area (Å²) in [5.41, 5.74) is 2.45. The van der Waals surface area contributed by atoms with E-state index < -0.39 is 0 Å². The van der Waals surface area contributed by atoms with Crippen LogP contribution in [0.1, 0.15) is 28.8 Å². The van der Waals surface area contributed by atoms with Gasteiger partial charge in [-0.3, -0.25) is 9.59 Å². The molecular formula is C23H27N3O3. The van der Waals surface area contributed by atoms with E-state index in [-0.39, 0.29) is 18.4 Å². The minimum Gasteiger partial charge on any atom is -0.482 e. The van der Waals surface area contributed by atoms with Crippen LogP contribution >= 0.6 is 0 Å². The normalized spacial score (nSPS) is 17.6. The zero-order valence-corrected chi connectivity index (χ0v) is 17.0. The van der Waals surface area contributed by atoms with Gasteiger partial charge in [-0.2, -0.15) is 0 Å². The Balaban J connectivity index is 1.44. The first-order valence-corrected chi connectivity index (χ1v) is 10.1. The van der Waals surface area contributed by atoms with Crippen LogP contribution in [0.25, 0.3) is 0 Å². The van der Waals surface area contributed by atoms with E-state index in [1.807, 2.05) is 60.5 Å². The van der Waals surface area contributed by atoms with Crippen LogP contribution in [0.5, 0.6) is 5.75 Å². The average molecular weight is 393 g/mol. The van der Waals surface area contributed by atoms with Gasteiger partial charge in [-0.05, 0) is 62.8 Å². The molecule has 2 aromatic carbocycles. The Morgan fingerprint density at radius 3 is 2.52 bits per heavy atom. The lowest BCUT2D eigenvalue weighted by atomic mass is 10.0. The third-order valence-corrected chi connectivity index (χ3v) is 5.91. The van der Waals surface area contributed by atoms with Crippen molar-refractivity contribution in [2.45, 2.75) is 25.4 Å². The van der Waals surface area contributed by atoms with E-state index in [0.717, 1.165) is 42.9 Å². The summed E-state index contributed by atoms with van der Waals surface area (Å²) in [7, 11) is 4.02. The molecule has 0 bridgehead atoms. The largest absolute Gasteiger partial charge is 0.482 e. The second-order valence-corrected chi connectivity index (χ2v) is 7.88. The van der Waals surface area contributed by atoms with E-state index >= 15 is 0 Å². The van der Waals surface area contributed by atoms with E-state index in [9.17, 15) is 9.59 Å². The lowest BCUT2D eigenvalue weighted by Gasteiger charge is -2.35. The fraction of sp³-hybridized carbons (Fsp3) is 0.391. The molecule has 0 spiro atoms. The molecule has 0 unspecified atom stereocenters. The Kier molecular flexibility index (Phi) is 5.53. The third kappa shape index (κ3) is 4.12. The van der Waals surface area contributed by atoms with Crippen LogP contribution < -0.4 is 9.64 Å². The van der Waals surface area contributed by atoms with E-state index in [0.29, 0.717) is 18.2 Å². The summed E-state index contributed by atoms with van der Waals surface area (Å²) >= 11 is 0. The SMILES string of the molecule is CN1CCC(N(C)C(=O)c2ccc(CN3C(=O)COc4ccccc43)cc2)CC1. The highest BCUT2D eigenvalue weighted by molar-refractivity contribution is 5.98. The molecule has 152 valence electrons. The molecule has 0 atom stereocenters. The lowest BCUT2D eigenvalue weighted by Crippen LogP contribution is -2.44. The number of carbonyl (C=O) groups is 2. The summed E-state index contributed by atoms with van der Waals surface area (Å²) in [4.78, 5) is 31.1. The molecule has 0 saturated carbocycles. The smallest absolute Gasteiger partial charge is 0.265 e. The molecule has 1 saturated heterocycles. The maximum absolute atomic E-state index is 12.9. The van der Waals surface area contributed by atoms with Crippen LogP contribution in [-0.2, 0) is 11.3 Å². The van der Waals surface area contributed by atoms with Gasteiger partial charge in [0.05, 0.1) is 12.2 Å². The Labute approximate surface area is 171 Å². The maximum atomic E-state index is 12.9. The van der Waals surface area contributed by atoms with Gasteiger partial charge in [-0.15, -0.1) is 0 Å². The molecule has 4 rings (SSSR count). The minimum atomic E-state index is -0.0640. The Morgan fingerprint density at radius 2 is 1.79 bits per heavy atom. The van der Waals surface area contributed by atoms with Crippen LogP contribution in [0.15, 0.2) is 48.5 Å². The number of benzene rings is 2. The number of anilines is 1. The predicted molar refractivity (Wildman–Crippen MR) is 112 cm³/mol. The predicted octanol–water partition coefficient (Wildman–Crippen LogP) is 2.78. The molecule has 6 heteroatoms. The number of para-hydroxylation sites is 2. The van der Waals surface area contributed by atoms with Crippen molar-refractivity contribution >= 4 is 17.5 Å².